The first-order valence-electron chi connectivity index (χ1n) is 4.99. The zero-order chi connectivity index (χ0) is 14.9. The first-order chi connectivity index (χ1) is 9.41. The third-order valence-electron chi connectivity index (χ3n) is 2.06. The summed E-state index contributed by atoms with van der Waals surface area (Å²) in [5.41, 5.74) is 0. The van der Waals surface area contributed by atoms with Crippen LogP contribution in [0.1, 0.15) is 5.01 Å². The van der Waals surface area contributed by atoms with Crippen LogP contribution in [-0.2, 0) is 0 Å². The minimum absolute atomic E-state index is 0.368. The molecule has 0 aliphatic carbocycles. The molecule has 0 bridgehead atoms. The smallest absolute Gasteiger partial charge is 0.207 e. The molecule has 1 heterocycles. The minimum atomic E-state index is -2.22. The molecular weight excluding hydrogens is 323 g/mol. The molecule has 2 aromatic rings. The zero-order valence-electron chi connectivity index (χ0n) is 9.72. The van der Waals surface area contributed by atoms with Gasteiger partial charge in [-0.15, -0.1) is 10.2 Å². The standard InChI is InChI=1S/C10H5F5N2OS2/c1-3-16-17-10(20-3)19-2-18-9-7(14)5(12)4(11)6(13)8(9)15/h2H2,1H3. The van der Waals surface area contributed by atoms with Gasteiger partial charge in [-0.3, -0.25) is 0 Å². The molecule has 108 valence electrons. The van der Waals surface area contributed by atoms with Gasteiger partial charge in [-0.25, -0.2) is 13.2 Å². The molecule has 1 aromatic heterocycles. The van der Waals surface area contributed by atoms with Crippen LogP contribution < -0.4 is 4.74 Å². The van der Waals surface area contributed by atoms with Crippen molar-refractivity contribution in [3.05, 3.63) is 34.1 Å². The molecule has 1 aromatic carbocycles. The predicted molar refractivity (Wildman–Crippen MR) is 62.2 cm³/mol. The van der Waals surface area contributed by atoms with E-state index in [0.717, 1.165) is 11.8 Å². The second-order valence-electron chi connectivity index (χ2n) is 3.39. The highest BCUT2D eigenvalue weighted by atomic mass is 32.2. The number of rotatable bonds is 4. The number of hydrogen-bond donors (Lipinski definition) is 0. The van der Waals surface area contributed by atoms with Gasteiger partial charge < -0.3 is 4.74 Å². The SMILES string of the molecule is Cc1nnc(SCOc2c(F)c(F)c(F)c(F)c2F)s1. The zero-order valence-corrected chi connectivity index (χ0v) is 11.3. The summed E-state index contributed by atoms with van der Waals surface area (Å²) in [4.78, 5) is 0. The average molecular weight is 328 g/mol. The highest BCUT2D eigenvalue weighted by molar-refractivity contribution is 8.00. The van der Waals surface area contributed by atoms with Crippen molar-refractivity contribution in [2.75, 3.05) is 5.94 Å². The van der Waals surface area contributed by atoms with E-state index < -0.39 is 34.8 Å². The summed E-state index contributed by atoms with van der Waals surface area (Å²) in [5, 5.41) is 8.06. The largest absolute Gasteiger partial charge is 0.476 e. The molecule has 0 saturated heterocycles. The minimum Gasteiger partial charge on any atom is -0.476 e. The number of aryl methyl sites for hydroxylation is 1. The average Bonchev–Trinajstić information content (AvgIpc) is 2.84. The summed E-state index contributed by atoms with van der Waals surface area (Å²) in [6.07, 6.45) is 0. The number of aromatic nitrogens is 2. The van der Waals surface area contributed by atoms with Crippen LogP contribution in [0, 0.1) is 36.0 Å². The Labute approximate surface area is 117 Å². The number of hydrogen-bond acceptors (Lipinski definition) is 5. The van der Waals surface area contributed by atoms with E-state index in [1.165, 1.54) is 11.3 Å². The molecule has 0 aliphatic heterocycles. The molecule has 0 spiro atoms. The van der Waals surface area contributed by atoms with Crippen molar-refractivity contribution in [1.82, 2.24) is 10.2 Å². The Hall–Kier alpha value is -1.42. The highest BCUT2D eigenvalue weighted by Crippen LogP contribution is 2.30. The monoisotopic (exact) mass is 328 g/mol. The Morgan fingerprint density at radius 3 is 2.00 bits per heavy atom. The van der Waals surface area contributed by atoms with E-state index in [4.69, 9.17) is 0 Å². The van der Waals surface area contributed by atoms with E-state index in [1.807, 2.05) is 0 Å². The van der Waals surface area contributed by atoms with Gasteiger partial charge in [0.25, 0.3) is 0 Å². The molecule has 0 amide bonds. The lowest BCUT2D eigenvalue weighted by atomic mass is 10.3. The van der Waals surface area contributed by atoms with E-state index in [2.05, 4.69) is 14.9 Å². The van der Waals surface area contributed by atoms with Crippen molar-refractivity contribution in [1.29, 1.82) is 0 Å². The van der Waals surface area contributed by atoms with Gasteiger partial charge in [-0.05, 0) is 6.92 Å². The van der Waals surface area contributed by atoms with Crippen LogP contribution >= 0.6 is 23.1 Å². The number of benzene rings is 1. The maximum atomic E-state index is 13.3. The summed E-state index contributed by atoms with van der Waals surface area (Å²) in [6, 6.07) is 0. The lowest BCUT2D eigenvalue weighted by Gasteiger charge is -2.08. The highest BCUT2D eigenvalue weighted by Gasteiger charge is 2.27. The van der Waals surface area contributed by atoms with Gasteiger partial charge in [-0.2, -0.15) is 8.78 Å². The molecular formula is C10H5F5N2OS2. The molecule has 2 rings (SSSR count). The van der Waals surface area contributed by atoms with Crippen LogP contribution in [0.25, 0.3) is 0 Å². The Morgan fingerprint density at radius 1 is 0.950 bits per heavy atom. The normalized spacial score (nSPS) is 10.9. The van der Waals surface area contributed by atoms with Gasteiger partial charge in [0.1, 0.15) is 10.9 Å². The van der Waals surface area contributed by atoms with Gasteiger partial charge in [0.05, 0.1) is 0 Å². The van der Waals surface area contributed by atoms with Gasteiger partial charge in [-0.1, -0.05) is 23.1 Å². The topological polar surface area (TPSA) is 35.0 Å². The quantitative estimate of drug-likeness (QED) is 0.282. The Kier molecular flexibility index (Phi) is 4.43. The van der Waals surface area contributed by atoms with Crippen LogP contribution in [-0.4, -0.2) is 16.1 Å². The lowest BCUT2D eigenvalue weighted by Crippen LogP contribution is -2.06. The fraction of sp³-hybridized carbons (Fsp3) is 0.200. The number of thioether (sulfide) groups is 1. The van der Waals surface area contributed by atoms with Crippen molar-refractivity contribution < 1.29 is 26.7 Å². The number of ether oxygens (including phenoxy) is 1. The third kappa shape index (κ3) is 2.85. The number of halogens is 5. The summed E-state index contributed by atoms with van der Waals surface area (Å²) < 4.78 is 70.1. The van der Waals surface area contributed by atoms with Gasteiger partial charge in [0.2, 0.25) is 29.1 Å². The molecule has 0 unspecified atom stereocenters. The lowest BCUT2D eigenvalue weighted by molar-refractivity contribution is 0.301. The Morgan fingerprint density at radius 2 is 1.50 bits per heavy atom. The predicted octanol–water partition coefficient (Wildman–Crippen LogP) is 3.67. The van der Waals surface area contributed by atoms with E-state index >= 15 is 0 Å². The second-order valence-corrected chi connectivity index (χ2v) is 5.74. The Balaban J connectivity index is 2.13. The van der Waals surface area contributed by atoms with Crippen LogP contribution in [0.15, 0.2) is 4.34 Å². The summed E-state index contributed by atoms with van der Waals surface area (Å²) in [7, 11) is 0. The van der Waals surface area contributed by atoms with Crippen LogP contribution in [0.3, 0.4) is 0 Å². The van der Waals surface area contributed by atoms with Gasteiger partial charge >= 0.3 is 0 Å². The molecule has 10 heteroatoms. The molecule has 3 nitrogen and oxygen atoms in total. The van der Waals surface area contributed by atoms with E-state index in [9.17, 15) is 22.0 Å². The van der Waals surface area contributed by atoms with Crippen LogP contribution in [0.2, 0.25) is 0 Å². The van der Waals surface area contributed by atoms with E-state index in [-0.39, 0.29) is 5.94 Å². The summed E-state index contributed by atoms with van der Waals surface area (Å²) in [5.74, 6) is -12.0. The van der Waals surface area contributed by atoms with Crippen molar-refractivity contribution in [2.24, 2.45) is 0 Å². The fourth-order valence-electron chi connectivity index (χ4n) is 1.19. The van der Waals surface area contributed by atoms with Crippen molar-refractivity contribution in [3.63, 3.8) is 0 Å². The van der Waals surface area contributed by atoms with Crippen LogP contribution in [0.4, 0.5) is 22.0 Å². The maximum absolute atomic E-state index is 13.3. The summed E-state index contributed by atoms with van der Waals surface area (Å²) >= 11 is 2.13. The van der Waals surface area contributed by atoms with E-state index in [0.29, 0.717) is 9.35 Å². The van der Waals surface area contributed by atoms with Gasteiger partial charge in [0, 0.05) is 0 Å². The third-order valence-corrected chi connectivity index (χ3v) is 3.86. The fourth-order valence-corrected chi connectivity index (χ4v) is 2.72. The maximum Gasteiger partial charge on any atom is 0.207 e. The van der Waals surface area contributed by atoms with Gasteiger partial charge in [0.15, 0.2) is 10.1 Å². The molecule has 20 heavy (non-hydrogen) atoms. The molecule has 0 atom stereocenters. The summed E-state index contributed by atoms with van der Waals surface area (Å²) in [6.45, 7) is 1.70. The van der Waals surface area contributed by atoms with Crippen molar-refractivity contribution in [2.45, 2.75) is 11.3 Å². The number of nitrogens with zero attached hydrogens (tertiary/aromatic N) is 2. The molecule has 0 aliphatic rings. The van der Waals surface area contributed by atoms with Crippen molar-refractivity contribution in [3.8, 4) is 5.75 Å². The second kappa shape index (κ2) is 5.92. The molecule has 0 N–H and O–H groups in total. The van der Waals surface area contributed by atoms with Crippen molar-refractivity contribution >= 4 is 23.1 Å². The first-order valence-corrected chi connectivity index (χ1v) is 6.79. The Bertz CT molecular complexity index is 620. The molecule has 0 saturated carbocycles. The molecule has 0 radical (unpaired) electrons. The molecule has 0 fully saturated rings. The van der Waals surface area contributed by atoms with Crippen LogP contribution in [0.5, 0.6) is 5.75 Å². The first kappa shape index (κ1) is 15.0. The van der Waals surface area contributed by atoms with E-state index in [1.54, 1.807) is 6.92 Å².